The van der Waals surface area contributed by atoms with Crippen LogP contribution in [0.25, 0.3) is 0 Å². The van der Waals surface area contributed by atoms with Crippen molar-refractivity contribution < 1.29 is 18.3 Å². The quantitative estimate of drug-likeness (QED) is 0.836. The Balaban J connectivity index is 2.91. The van der Waals surface area contributed by atoms with Crippen LogP contribution in [0.2, 0.25) is 0 Å². The molecule has 6 nitrogen and oxygen atoms in total. The molecule has 0 aliphatic rings. The minimum atomic E-state index is -3.03. The van der Waals surface area contributed by atoms with E-state index < -0.39 is 21.7 Å². The number of sulfone groups is 1. The van der Waals surface area contributed by atoms with Crippen molar-refractivity contribution in [2.75, 3.05) is 12.0 Å². The van der Waals surface area contributed by atoms with Crippen LogP contribution in [0, 0.1) is 19.8 Å². The highest BCUT2D eigenvalue weighted by atomic mass is 32.2. The summed E-state index contributed by atoms with van der Waals surface area (Å²) in [6, 6.07) is 0. The predicted octanol–water partition coefficient (Wildman–Crippen LogP) is 0.808. The van der Waals surface area contributed by atoms with Gasteiger partial charge in [-0.05, 0) is 25.8 Å². The number of carboxylic acid groups (broad SMARTS) is 1. The smallest absolute Gasteiger partial charge is 0.306 e. The van der Waals surface area contributed by atoms with E-state index >= 15 is 0 Å². The van der Waals surface area contributed by atoms with Crippen LogP contribution in [0.1, 0.15) is 23.9 Å². The average molecular weight is 288 g/mol. The second-order valence-electron chi connectivity index (χ2n) is 4.95. The third-order valence-corrected chi connectivity index (χ3v) is 4.06. The molecule has 1 aromatic rings. The molecule has 0 saturated heterocycles. The zero-order chi connectivity index (χ0) is 14.8. The standard InChI is InChI=1S/C12H20N2O4S/c1-8(12(15)16)7-11-9(2)13-14(10(11)3)5-6-19(4,17)18/h8H,5-7H2,1-4H3,(H,15,16). The van der Waals surface area contributed by atoms with Crippen LogP contribution in [0.15, 0.2) is 0 Å². The molecule has 0 aliphatic carbocycles. The molecule has 1 unspecified atom stereocenters. The van der Waals surface area contributed by atoms with Crippen LogP contribution >= 0.6 is 0 Å². The molecule has 0 aromatic carbocycles. The Morgan fingerprint density at radius 1 is 1.42 bits per heavy atom. The lowest BCUT2D eigenvalue weighted by molar-refractivity contribution is -0.141. The van der Waals surface area contributed by atoms with Crippen LogP contribution in [0.3, 0.4) is 0 Å². The molecule has 0 fully saturated rings. The van der Waals surface area contributed by atoms with Gasteiger partial charge in [0.2, 0.25) is 0 Å². The maximum Gasteiger partial charge on any atom is 0.306 e. The van der Waals surface area contributed by atoms with E-state index in [1.54, 1.807) is 11.6 Å². The number of hydrogen-bond donors (Lipinski definition) is 1. The summed E-state index contributed by atoms with van der Waals surface area (Å²) in [5.74, 6) is -1.30. The van der Waals surface area contributed by atoms with Crippen LogP contribution < -0.4 is 0 Å². The van der Waals surface area contributed by atoms with Crippen molar-refractivity contribution in [3.63, 3.8) is 0 Å². The van der Waals surface area contributed by atoms with Gasteiger partial charge in [-0.3, -0.25) is 9.48 Å². The first-order valence-electron chi connectivity index (χ1n) is 6.05. The predicted molar refractivity (Wildman–Crippen MR) is 71.9 cm³/mol. The Hall–Kier alpha value is -1.37. The third kappa shape index (κ3) is 4.34. The minimum absolute atomic E-state index is 0.0306. The van der Waals surface area contributed by atoms with Crippen molar-refractivity contribution in [3.05, 3.63) is 17.0 Å². The topological polar surface area (TPSA) is 89.3 Å². The Morgan fingerprint density at radius 2 is 2.00 bits per heavy atom. The number of nitrogens with zero attached hydrogens (tertiary/aromatic N) is 2. The van der Waals surface area contributed by atoms with Crippen molar-refractivity contribution in [3.8, 4) is 0 Å². The molecule has 108 valence electrons. The summed E-state index contributed by atoms with van der Waals surface area (Å²) in [4.78, 5) is 10.9. The Kier molecular flexibility index (Phi) is 4.73. The highest BCUT2D eigenvalue weighted by molar-refractivity contribution is 7.90. The second-order valence-corrected chi connectivity index (χ2v) is 7.21. The van der Waals surface area contributed by atoms with Gasteiger partial charge in [0.05, 0.1) is 23.9 Å². The largest absolute Gasteiger partial charge is 0.481 e. The molecule has 1 heterocycles. The average Bonchev–Trinajstić information content (AvgIpc) is 2.52. The van der Waals surface area contributed by atoms with Gasteiger partial charge in [-0.2, -0.15) is 5.10 Å². The molecule has 1 aromatic heterocycles. The Morgan fingerprint density at radius 3 is 2.47 bits per heavy atom. The molecule has 0 bridgehead atoms. The fourth-order valence-corrected chi connectivity index (χ4v) is 2.40. The molecule has 1 rings (SSSR count). The summed E-state index contributed by atoms with van der Waals surface area (Å²) in [5.41, 5.74) is 2.50. The van der Waals surface area contributed by atoms with Crippen LogP contribution in [0.4, 0.5) is 0 Å². The zero-order valence-electron chi connectivity index (χ0n) is 11.7. The van der Waals surface area contributed by atoms with Gasteiger partial charge in [-0.25, -0.2) is 8.42 Å². The lowest BCUT2D eigenvalue weighted by atomic mass is 10.00. The fraction of sp³-hybridized carbons (Fsp3) is 0.667. The number of hydrogen-bond acceptors (Lipinski definition) is 4. The van der Waals surface area contributed by atoms with E-state index in [9.17, 15) is 13.2 Å². The number of carbonyl (C=O) groups is 1. The van der Waals surface area contributed by atoms with Crippen molar-refractivity contribution in [2.24, 2.45) is 5.92 Å². The molecule has 7 heteroatoms. The van der Waals surface area contributed by atoms with Gasteiger partial charge in [0.15, 0.2) is 0 Å². The number of aryl methyl sites for hydroxylation is 2. The van der Waals surface area contributed by atoms with E-state index in [1.165, 1.54) is 6.26 Å². The van der Waals surface area contributed by atoms with Gasteiger partial charge < -0.3 is 5.11 Å². The minimum Gasteiger partial charge on any atom is -0.481 e. The van der Waals surface area contributed by atoms with Gasteiger partial charge >= 0.3 is 5.97 Å². The van der Waals surface area contributed by atoms with Gasteiger partial charge in [0.25, 0.3) is 0 Å². The molecule has 0 radical (unpaired) electrons. The summed E-state index contributed by atoms with van der Waals surface area (Å²) in [7, 11) is -3.03. The van der Waals surface area contributed by atoms with Crippen molar-refractivity contribution in [1.29, 1.82) is 0 Å². The van der Waals surface area contributed by atoms with E-state index in [0.29, 0.717) is 13.0 Å². The summed E-state index contributed by atoms with van der Waals surface area (Å²) >= 11 is 0. The van der Waals surface area contributed by atoms with Gasteiger partial charge in [0.1, 0.15) is 9.84 Å². The maximum atomic E-state index is 11.2. The molecular formula is C12H20N2O4S. The number of carboxylic acids is 1. The number of aromatic nitrogens is 2. The van der Waals surface area contributed by atoms with E-state index in [4.69, 9.17) is 5.11 Å². The summed E-state index contributed by atoms with van der Waals surface area (Å²) in [5, 5.41) is 13.2. The van der Waals surface area contributed by atoms with Crippen molar-refractivity contribution in [1.82, 2.24) is 9.78 Å². The van der Waals surface area contributed by atoms with Crippen molar-refractivity contribution in [2.45, 2.75) is 33.7 Å². The fourth-order valence-electron chi connectivity index (χ4n) is 1.89. The molecular weight excluding hydrogens is 268 g/mol. The molecule has 1 atom stereocenters. The van der Waals surface area contributed by atoms with Crippen LogP contribution in [0.5, 0.6) is 0 Å². The van der Waals surface area contributed by atoms with Gasteiger partial charge in [-0.1, -0.05) is 6.92 Å². The first-order valence-corrected chi connectivity index (χ1v) is 8.11. The Labute approximate surface area is 113 Å². The molecule has 1 N–H and O–H groups in total. The molecule has 0 saturated carbocycles. The zero-order valence-corrected chi connectivity index (χ0v) is 12.5. The number of rotatable bonds is 6. The second kappa shape index (κ2) is 5.73. The van der Waals surface area contributed by atoms with Crippen LogP contribution in [-0.2, 0) is 27.6 Å². The molecule has 0 spiro atoms. The molecule has 0 amide bonds. The summed E-state index contributed by atoms with van der Waals surface area (Å²) in [6.45, 7) is 5.60. The highest BCUT2D eigenvalue weighted by Gasteiger charge is 2.18. The van der Waals surface area contributed by atoms with E-state index in [2.05, 4.69) is 5.10 Å². The third-order valence-electron chi connectivity index (χ3n) is 3.14. The lowest BCUT2D eigenvalue weighted by Gasteiger charge is -2.07. The maximum absolute atomic E-state index is 11.2. The molecule has 19 heavy (non-hydrogen) atoms. The summed E-state index contributed by atoms with van der Waals surface area (Å²) in [6.07, 6.45) is 1.60. The van der Waals surface area contributed by atoms with E-state index in [0.717, 1.165) is 17.0 Å². The summed E-state index contributed by atoms with van der Waals surface area (Å²) < 4.78 is 24.0. The van der Waals surface area contributed by atoms with Crippen LogP contribution in [-0.4, -0.2) is 41.3 Å². The Bertz CT molecular complexity index is 575. The van der Waals surface area contributed by atoms with Crippen molar-refractivity contribution >= 4 is 15.8 Å². The first-order chi connectivity index (χ1) is 8.61. The van der Waals surface area contributed by atoms with E-state index in [1.807, 2.05) is 13.8 Å². The normalized spacial score (nSPS) is 13.5. The number of aliphatic carboxylic acids is 1. The lowest BCUT2D eigenvalue weighted by Crippen LogP contribution is -2.15. The molecule has 0 aliphatic heterocycles. The SMILES string of the molecule is Cc1nn(CCS(C)(=O)=O)c(C)c1CC(C)C(=O)O. The van der Waals surface area contributed by atoms with E-state index in [-0.39, 0.29) is 5.75 Å². The monoisotopic (exact) mass is 288 g/mol. The highest BCUT2D eigenvalue weighted by Crippen LogP contribution is 2.18. The van der Waals surface area contributed by atoms with Gasteiger partial charge in [0, 0.05) is 11.9 Å². The van der Waals surface area contributed by atoms with Gasteiger partial charge in [-0.15, -0.1) is 0 Å². The first kappa shape index (κ1) is 15.7.